The number of H-pyrrole nitrogens is 1. The van der Waals surface area contributed by atoms with E-state index in [1.165, 1.54) is 0 Å². The van der Waals surface area contributed by atoms with Gasteiger partial charge in [0, 0.05) is 33.6 Å². The largest absolute Gasteiger partial charge is 0.386 e. The van der Waals surface area contributed by atoms with Gasteiger partial charge in [0.15, 0.2) is 0 Å². The van der Waals surface area contributed by atoms with Crippen molar-refractivity contribution in [2.75, 3.05) is 13.1 Å². The fourth-order valence-corrected chi connectivity index (χ4v) is 4.28. The van der Waals surface area contributed by atoms with Crippen molar-refractivity contribution in [3.8, 4) is 0 Å². The number of rotatable bonds is 3. The molecule has 4 rings (SSSR count). The van der Waals surface area contributed by atoms with E-state index in [0.717, 1.165) is 0 Å². The summed E-state index contributed by atoms with van der Waals surface area (Å²) in [5.74, 6) is -0.853. The van der Waals surface area contributed by atoms with Gasteiger partial charge in [-0.3, -0.25) is 4.79 Å². The van der Waals surface area contributed by atoms with Gasteiger partial charge in [-0.1, -0.05) is 42.8 Å². The van der Waals surface area contributed by atoms with Crippen molar-refractivity contribution in [1.29, 1.82) is 0 Å². The minimum Gasteiger partial charge on any atom is -0.386 e. The highest BCUT2D eigenvalue weighted by atomic mass is 35.5. The minimum absolute atomic E-state index is 0. The molecule has 3 N–H and O–H groups in total. The van der Waals surface area contributed by atoms with Gasteiger partial charge in [-0.2, -0.15) is 0 Å². The topological polar surface area (TPSA) is 65.1 Å². The first-order chi connectivity index (χ1) is 13.4. The summed E-state index contributed by atoms with van der Waals surface area (Å²) in [4.78, 5) is 15.8. The second kappa shape index (κ2) is 8.44. The monoisotopic (exact) mass is 436 g/mol. The van der Waals surface area contributed by atoms with E-state index in [1.807, 2.05) is 0 Å². The molecule has 3 atom stereocenters. The summed E-state index contributed by atoms with van der Waals surface area (Å²) in [7, 11) is 0. The lowest BCUT2D eigenvalue weighted by atomic mass is 9.72. The van der Waals surface area contributed by atoms with Crippen molar-refractivity contribution in [2.45, 2.75) is 31.5 Å². The van der Waals surface area contributed by atoms with Gasteiger partial charge in [0.25, 0.3) is 5.56 Å². The fourth-order valence-electron chi connectivity index (χ4n) is 3.98. The third kappa shape index (κ3) is 4.05. The number of fused-ring (bicyclic) bond motifs is 1. The molecule has 0 radical (unpaired) electrons. The number of nitrogens with one attached hydrogen (secondary N) is 2. The molecule has 3 unspecified atom stereocenters. The number of aromatic amines is 1. The predicted molar refractivity (Wildman–Crippen MR) is 117 cm³/mol. The highest BCUT2D eigenvalue weighted by Gasteiger charge is 2.48. The molecule has 154 valence electrons. The number of piperidine rings is 1. The summed E-state index contributed by atoms with van der Waals surface area (Å²) >= 11 is 12.1. The minimum atomic E-state index is -1.72. The summed E-state index contributed by atoms with van der Waals surface area (Å²) in [6.45, 7) is 0.482. The maximum Gasteiger partial charge on any atom is 0.252 e. The Bertz CT molecular complexity index is 1070. The molecule has 0 aliphatic carbocycles. The van der Waals surface area contributed by atoms with Crippen LogP contribution < -0.4 is 10.9 Å². The van der Waals surface area contributed by atoms with E-state index in [4.69, 9.17) is 23.2 Å². The molecule has 0 spiro atoms. The molecule has 0 bridgehead atoms. The zero-order valence-electron chi connectivity index (χ0n) is 14.9. The van der Waals surface area contributed by atoms with Crippen molar-refractivity contribution >= 4 is 34.1 Å². The fraction of sp³-hybridized carbons (Fsp3) is 0.318. The van der Waals surface area contributed by atoms with Crippen LogP contribution in [0, 0.1) is 0 Å². The third-order valence-electron chi connectivity index (χ3n) is 5.42. The Balaban J connectivity index is 0.00000240. The Hall–Kier alpha value is -1.92. The van der Waals surface area contributed by atoms with Gasteiger partial charge in [0.2, 0.25) is 0 Å². The first-order valence-electron chi connectivity index (χ1n) is 9.03. The lowest BCUT2D eigenvalue weighted by Crippen LogP contribution is -2.56. The molecule has 7 heteroatoms. The van der Waals surface area contributed by atoms with Gasteiger partial charge in [0.05, 0.1) is 0 Å². The van der Waals surface area contributed by atoms with E-state index in [-0.39, 0.29) is 26.0 Å². The third-order valence-corrected chi connectivity index (χ3v) is 5.90. The smallest absolute Gasteiger partial charge is 0.252 e. The Kier molecular flexibility index (Phi) is 6.34. The highest BCUT2D eigenvalue weighted by Crippen LogP contribution is 2.41. The van der Waals surface area contributed by atoms with Crippen molar-refractivity contribution in [2.24, 2.45) is 0 Å². The van der Waals surface area contributed by atoms with Crippen molar-refractivity contribution in [1.82, 2.24) is 10.3 Å². The van der Waals surface area contributed by atoms with Crippen LogP contribution >= 0.6 is 23.2 Å². The highest BCUT2D eigenvalue weighted by molar-refractivity contribution is 6.31. The quantitative estimate of drug-likeness (QED) is 0.558. The van der Waals surface area contributed by atoms with E-state index in [0.29, 0.717) is 38.6 Å². The molecule has 2 aromatic carbocycles. The van der Waals surface area contributed by atoms with E-state index >= 15 is 0 Å². The number of hydrogen-bond acceptors (Lipinski definition) is 3. The molecule has 4 nitrogen and oxygen atoms in total. The molecule has 29 heavy (non-hydrogen) atoms. The first-order valence-corrected chi connectivity index (χ1v) is 9.79. The second-order valence-corrected chi connectivity index (χ2v) is 8.06. The van der Waals surface area contributed by atoms with Gasteiger partial charge >= 0.3 is 0 Å². The van der Waals surface area contributed by atoms with Gasteiger partial charge in [-0.25, -0.2) is 4.39 Å². The number of aromatic nitrogens is 1. The number of halogens is 3. The molecule has 1 fully saturated rings. The number of alkyl halides is 1. The molecule has 1 saturated heterocycles. The summed E-state index contributed by atoms with van der Waals surface area (Å²) in [6.07, 6.45) is -1.36. The second-order valence-electron chi connectivity index (χ2n) is 7.18. The molecule has 2 heterocycles. The van der Waals surface area contributed by atoms with Gasteiger partial charge in [0.1, 0.15) is 11.8 Å². The van der Waals surface area contributed by atoms with Crippen LogP contribution in [0.4, 0.5) is 4.39 Å². The lowest BCUT2D eigenvalue weighted by Gasteiger charge is -2.42. The number of benzene rings is 2. The maximum absolute atomic E-state index is 15.0. The van der Waals surface area contributed by atoms with Crippen LogP contribution in [0.25, 0.3) is 10.9 Å². The van der Waals surface area contributed by atoms with Crippen molar-refractivity contribution < 1.29 is 9.50 Å². The first kappa shape index (κ1) is 21.8. The number of aliphatic hydroxyl groups is 1. The number of hydrogen-bond donors (Lipinski definition) is 3. The van der Waals surface area contributed by atoms with Crippen LogP contribution in [0.15, 0.2) is 53.3 Å². The molecular formula is C22H23Cl2FN2O2. The summed E-state index contributed by atoms with van der Waals surface area (Å²) in [6, 6.07) is 13.6. The summed E-state index contributed by atoms with van der Waals surface area (Å²) < 4.78 is 15.0. The van der Waals surface area contributed by atoms with Crippen LogP contribution in [0.5, 0.6) is 0 Å². The van der Waals surface area contributed by atoms with Crippen LogP contribution in [0.1, 0.15) is 30.9 Å². The Morgan fingerprint density at radius 1 is 1.10 bits per heavy atom. The molecule has 0 amide bonds. The van der Waals surface area contributed by atoms with Gasteiger partial charge < -0.3 is 15.4 Å². The summed E-state index contributed by atoms with van der Waals surface area (Å²) in [5, 5.41) is 16.1. The molecule has 1 aromatic heterocycles. The Morgan fingerprint density at radius 3 is 2.48 bits per heavy atom. The maximum atomic E-state index is 15.0. The van der Waals surface area contributed by atoms with Crippen LogP contribution in [0.2, 0.25) is 10.0 Å². The summed E-state index contributed by atoms with van der Waals surface area (Å²) in [5.41, 5.74) is -0.540. The van der Waals surface area contributed by atoms with Crippen LogP contribution in [-0.2, 0) is 0 Å². The molecule has 3 aromatic rings. The average Bonchev–Trinajstić information content (AvgIpc) is 2.67. The standard InChI is InChI=1S/C21H19Cl2FN2O2.CH4/c22-14-3-1-12(2-4-14)19(21(28)7-8-25-11-18(21)24)16-10-13-9-15(23)5-6-17(13)26-20(16)27;/h1-6,9-10,18-19,25,28H,7-8,11H2,(H,26,27);1H4. The SMILES string of the molecule is C.O=c1[nH]c2ccc(Cl)cc2cc1C(c1ccc(Cl)cc1)C1(O)CCNCC1F. The van der Waals surface area contributed by atoms with E-state index in [9.17, 15) is 14.3 Å². The predicted octanol–water partition coefficient (Wildman–Crippen LogP) is 4.67. The normalized spacial score (nSPS) is 22.8. The average molecular weight is 437 g/mol. The zero-order chi connectivity index (χ0) is 19.9. The zero-order valence-corrected chi connectivity index (χ0v) is 16.4. The molecular weight excluding hydrogens is 414 g/mol. The van der Waals surface area contributed by atoms with Crippen molar-refractivity contribution in [3.05, 3.63) is 80.1 Å². The Labute approximate surface area is 178 Å². The van der Waals surface area contributed by atoms with E-state index < -0.39 is 17.7 Å². The molecule has 0 saturated carbocycles. The lowest BCUT2D eigenvalue weighted by molar-refractivity contribution is -0.0674. The number of pyridine rings is 1. The van der Waals surface area contributed by atoms with Gasteiger partial charge in [-0.15, -0.1) is 0 Å². The van der Waals surface area contributed by atoms with Crippen LogP contribution in [0.3, 0.4) is 0 Å². The molecule has 1 aliphatic rings. The Morgan fingerprint density at radius 2 is 1.79 bits per heavy atom. The van der Waals surface area contributed by atoms with Crippen LogP contribution in [-0.4, -0.2) is 35.0 Å². The molecule has 1 aliphatic heterocycles. The van der Waals surface area contributed by atoms with Crippen molar-refractivity contribution in [3.63, 3.8) is 0 Å². The van der Waals surface area contributed by atoms with E-state index in [2.05, 4.69) is 10.3 Å². The van der Waals surface area contributed by atoms with E-state index in [1.54, 1.807) is 48.5 Å². The van der Waals surface area contributed by atoms with Gasteiger partial charge in [-0.05, 0) is 60.3 Å².